The van der Waals surface area contributed by atoms with Crippen molar-refractivity contribution < 1.29 is 9.59 Å². The van der Waals surface area contributed by atoms with Gasteiger partial charge in [-0.05, 0) is 50.7 Å². The number of carbonyl (C=O) groups excluding carboxylic acids is 2. The van der Waals surface area contributed by atoms with E-state index in [0.717, 1.165) is 36.4 Å². The van der Waals surface area contributed by atoms with Gasteiger partial charge in [0.2, 0.25) is 5.91 Å². The molecule has 2 saturated carbocycles. The molecular formula is C23H34N2O2S. The maximum absolute atomic E-state index is 13.0. The number of nitrogens with zero attached hydrogens (tertiary/aromatic N) is 1. The highest BCUT2D eigenvalue weighted by atomic mass is 32.2. The molecule has 0 aromatic heterocycles. The van der Waals surface area contributed by atoms with Gasteiger partial charge in [-0.2, -0.15) is 0 Å². The van der Waals surface area contributed by atoms with Crippen molar-refractivity contribution in [1.82, 2.24) is 10.2 Å². The minimum atomic E-state index is 0.0863. The van der Waals surface area contributed by atoms with E-state index in [4.69, 9.17) is 0 Å². The quantitative estimate of drug-likeness (QED) is 0.631. The van der Waals surface area contributed by atoms with Crippen LogP contribution in [0.3, 0.4) is 0 Å². The van der Waals surface area contributed by atoms with Gasteiger partial charge in [-0.15, -0.1) is 11.8 Å². The Morgan fingerprint density at radius 3 is 2.39 bits per heavy atom. The van der Waals surface area contributed by atoms with Crippen LogP contribution in [-0.4, -0.2) is 41.6 Å². The minimum Gasteiger partial charge on any atom is -0.353 e. The molecule has 2 amide bonds. The van der Waals surface area contributed by atoms with E-state index in [1.165, 1.54) is 56.7 Å². The molecule has 154 valence electrons. The Balaban J connectivity index is 1.55. The lowest BCUT2D eigenvalue weighted by atomic mass is 9.97. The van der Waals surface area contributed by atoms with Gasteiger partial charge in [0.1, 0.15) is 0 Å². The fourth-order valence-corrected chi connectivity index (χ4v) is 4.78. The maximum atomic E-state index is 13.0. The van der Waals surface area contributed by atoms with Crippen LogP contribution >= 0.6 is 11.8 Å². The van der Waals surface area contributed by atoms with Crippen molar-refractivity contribution in [2.24, 2.45) is 5.92 Å². The van der Waals surface area contributed by atoms with Crippen LogP contribution in [0.25, 0.3) is 0 Å². The molecule has 0 heterocycles. The second-order valence-corrected chi connectivity index (χ2v) is 9.20. The van der Waals surface area contributed by atoms with Crippen LogP contribution in [0.4, 0.5) is 0 Å². The molecule has 0 radical (unpaired) electrons. The third-order valence-electron chi connectivity index (χ3n) is 5.79. The van der Waals surface area contributed by atoms with Gasteiger partial charge >= 0.3 is 0 Å². The smallest absolute Gasteiger partial charge is 0.254 e. The monoisotopic (exact) mass is 402 g/mol. The second-order valence-electron chi connectivity index (χ2n) is 8.18. The molecule has 28 heavy (non-hydrogen) atoms. The first-order valence-corrected chi connectivity index (χ1v) is 12.0. The van der Waals surface area contributed by atoms with E-state index in [1.807, 2.05) is 36.1 Å². The number of amides is 2. The topological polar surface area (TPSA) is 49.4 Å². The van der Waals surface area contributed by atoms with Crippen LogP contribution in [0, 0.1) is 5.92 Å². The Hall–Kier alpha value is -1.49. The standard InChI is InChI=1S/C23H34N2O2S/c1-2-25(16-18-14-15-18)23(27)20-12-8-9-13-21(20)28-17-22(26)24-19-10-6-4-3-5-7-11-19/h8-9,12-13,18-19H,2-7,10-11,14-17H2,1H3,(H,24,26). The summed E-state index contributed by atoms with van der Waals surface area (Å²) in [5, 5.41) is 3.22. The molecule has 2 aliphatic rings. The fourth-order valence-electron chi connectivity index (χ4n) is 3.92. The maximum Gasteiger partial charge on any atom is 0.254 e. The Bertz CT molecular complexity index is 652. The van der Waals surface area contributed by atoms with Crippen molar-refractivity contribution in [3.63, 3.8) is 0 Å². The summed E-state index contributed by atoms with van der Waals surface area (Å²) < 4.78 is 0. The fraction of sp³-hybridized carbons (Fsp3) is 0.652. The van der Waals surface area contributed by atoms with E-state index in [-0.39, 0.29) is 11.8 Å². The SMILES string of the molecule is CCN(CC1CC1)C(=O)c1ccccc1SCC(=O)NC1CCCCCCC1. The van der Waals surface area contributed by atoms with Crippen LogP contribution < -0.4 is 5.32 Å². The van der Waals surface area contributed by atoms with Gasteiger partial charge in [-0.25, -0.2) is 0 Å². The van der Waals surface area contributed by atoms with Crippen LogP contribution in [0.1, 0.15) is 75.1 Å². The molecule has 0 bridgehead atoms. The van der Waals surface area contributed by atoms with E-state index in [1.54, 1.807) is 0 Å². The van der Waals surface area contributed by atoms with Gasteiger partial charge in [-0.1, -0.05) is 44.2 Å². The summed E-state index contributed by atoms with van der Waals surface area (Å²) in [6, 6.07) is 8.04. The summed E-state index contributed by atoms with van der Waals surface area (Å²) in [5.41, 5.74) is 0.730. The molecule has 0 aliphatic heterocycles. The summed E-state index contributed by atoms with van der Waals surface area (Å²) >= 11 is 1.48. The summed E-state index contributed by atoms with van der Waals surface area (Å²) in [5.74, 6) is 1.23. The molecule has 1 N–H and O–H groups in total. The average molecular weight is 403 g/mol. The first-order chi connectivity index (χ1) is 13.7. The lowest BCUT2D eigenvalue weighted by Gasteiger charge is -2.22. The van der Waals surface area contributed by atoms with Crippen molar-refractivity contribution >= 4 is 23.6 Å². The van der Waals surface area contributed by atoms with Crippen LogP contribution in [0.2, 0.25) is 0 Å². The second kappa shape index (κ2) is 10.9. The Morgan fingerprint density at radius 1 is 1.04 bits per heavy atom. The third kappa shape index (κ3) is 6.54. The number of hydrogen-bond acceptors (Lipinski definition) is 3. The molecule has 4 nitrogen and oxygen atoms in total. The molecule has 0 spiro atoms. The van der Waals surface area contributed by atoms with E-state index in [0.29, 0.717) is 17.7 Å². The summed E-state index contributed by atoms with van der Waals surface area (Å²) in [6.07, 6.45) is 11.0. The number of benzene rings is 1. The Kier molecular flexibility index (Phi) is 8.26. The van der Waals surface area contributed by atoms with E-state index < -0.39 is 0 Å². The molecule has 1 aromatic rings. The van der Waals surface area contributed by atoms with Crippen LogP contribution in [0.5, 0.6) is 0 Å². The zero-order chi connectivity index (χ0) is 19.8. The van der Waals surface area contributed by atoms with E-state index >= 15 is 0 Å². The first-order valence-electron chi connectivity index (χ1n) is 11.0. The number of rotatable bonds is 8. The Morgan fingerprint density at radius 2 is 1.71 bits per heavy atom. The molecule has 3 rings (SSSR count). The molecule has 0 atom stereocenters. The zero-order valence-electron chi connectivity index (χ0n) is 17.1. The highest BCUT2D eigenvalue weighted by molar-refractivity contribution is 8.00. The molecule has 0 saturated heterocycles. The molecular weight excluding hydrogens is 368 g/mol. The van der Waals surface area contributed by atoms with Crippen LogP contribution in [-0.2, 0) is 4.79 Å². The molecule has 2 fully saturated rings. The van der Waals surface area contributed by atoms with Crippen molar-refractivity contribution in [2.75, 3.05) is 18.8 Å². The largest absolute Gasteiger partial charge is 0.353 e. The van der Waals surface area contributed by atoms with Crippen molar-refractivity contribution in [3.8, 4) is 0 Å². The summed E-state index contributed by atoms with van der Waals surface area (Å²) in [7, 11) is 0. The summed E-state index contributed by atoms with van der Waals surface area (Å²) in [4.78, 5) is 28.3. The summed E-state index contributed by atoms with van der Waals surface area (Å²) in [6.45, 7) is 3.63. The number of hydrogen-bond donors (Lipinski definition) is 1. The van der Waals surface area contributed by atoms with Gasteiger partial charge < -0.3 is 10.2 Å². The van der Waals surface area contributed by atoms with Gasteiger partial charge in [-0.3, -0.25) is 9.59 Å². The van der Waals surface area contributed by atoms with Crippen molar-refractivity contribution in [1.29, 1.82) is 0 Å². The Labute approximate surface area is 173 Å². The third-order valence-corrected chi connectivity index (χ3v) is 6.86. The first kappa shape index (κ1) is 21.2. The lowest BCUT2D eigenvalue weighted by molar-refractivity contribution is -0.119. The molecule has 1 aromatic carbocycles. The number of nitrogens with one attached hydrogen (secondary N) is 1. The lowest BCUT2D eigenvalue weighted by Crippen LogP contribution is -2.36. The number of carbonyl (C=O) groups is 2. The van der Waals surface area contributed by atoms with E-state index in [2.05, 4.69) is 5.32 Å². The predicted octanol–water partition coefficient (Wildman–Crippen LogP) is 4.88. The van der Waals surface area contributed by atoms with Crippen molar-refractivity contribution in [3.05, 3.63) is 29.8 Å². The molecule has 0 unspecified atom stereocenters. The highest BCUT2D eigenvalue weighted by Crippen LogP contribution is 2.31. The predicted molar refractivity (Wildman–Crippen MR) is 116 cm³/mol. The van der Waals surface area contributed by atoms with Gasteiger partial charge in [0, 0.05) is 24.0 Å². The molecule has 5 heteroatoms. The average Bonchev–Trinajstić information content (AvgIpc) is 3.50. The molecule has 2 aliphatic carbocycles. The normalized spacial score (nSPS) is 18.2. The zero-order valence-corrected chi connectivity index (χ0v) is 17.9. The van der Waals surface area contributed by atoms with Gasteiger partial charge in [0.05, 0.1) is 11.3 Å². The van der Waals surface area contributed by atoms with Gasteiger partial charge in [0.15, 0.2) is 0 Å². The minimum absolute atomic E-state index is 0.0863. The van der Waals surface area contributed by atoms with Crippen LogP contribution in [0.15, 0.2) is 29.2 Å². The van der Waals surface area contributed by atoms with Crippen molar-refractivity contribution in [2.45, 2.75) is 75.6 Å². The highest BCUT2D eigenvalue weighted by Gasteiger charge is 2.27. The number of thioether (sulfide) groups is 1. The van der Waals surface area contributed by atoms with Gasteiger partial charge in [0.25, 0.3) is 5.91 Å². The van der Waals surface area contributed by atoms with E-state index in [9.17, 15) is 9.59 Å².